The Bertz CT molecular complexity index is 701. The summed E-state index contributed by atoms with van der Waals surface area (Å²) in [6.45, 7) is 0.313. The van der Waals surface area contributed by atoms with E-state index in [4.69, 9.17) is 5.73 Å². The zero-order valence-electron chi connectivity index (χ0n) is 11.1. The van der Waals surface area contributed by atoms with Crippen LogP contribution in [0.1, 0.15) is 11.1 Å². The summed E-state index contributed by atoms with van der Waals surface area (Å²) in [5, 5.41) is 2.70. The fourth-order valence-electron chi connectivity index (χ4n) is 2.34. The third-order valence-corrected chi connectivity index (χ3v) is 3.41. The summed E-state index contributed by atoms with van der Waals surface area (Å²) in [5.41, 5.74) is 7.62. The zero-order chi connectivity index (χ0) is 15.0. The van der Waals surface area contributed by atoms with Crippen molar-refractivity contribution in [3.8, 4) is 0 Å². The molecule has 2 aromatic carbocycles. The summed E-state index contributed by atoms with van der Waals surface area (Å²) in [6, 6.07) is 8.42. The molecule has 1 aliphatic rings. The van der Waals surface area contributed by atoms with Gasteiger partial charge < -0.3 is 16.0 Å². The van der Waals surface area contributed by atoms with Crippen molar-refractivity contribution >= 4 is 17.4 Å². The molecular formula is C15H13F2N3O. The van der Waals surface area contributed by atoms with Gasteiger partial charge in [-0.15, -0.1) is 0 Å². The van der Waals surface area contributed by atoms with Gasteiger partial charge in [0, 0.05) is 29.5 Å². The van der Waals surface area contributed by atoms with Gasteiger partial charge >= 0.3 is 6.03 Å². The first-order valence-corrected chi connectivity index (χ1v) is 6.41. The van der Waals surface area contributed by atoms with Crippen molar-refractivity contribution in [1.29, 1.82) is 0 Å². The van der Waals surface area contributed by atoms with Crippen LogP contribution in [0.2, 0.25) is 0 Å². The molecule has 108 valence electrons. The van der Waals surface area contributed by atoms with Crippen molar-refractivity contribution in [2.75, 3.05) is 11.1 Å². The summed E-state index contributed by atoms with van der Waals surface area (Å²) in [4.78, 5) is 13.6. The van der Waals surface area contributed by atoms with Crippen molar-refractivity contribution in [1.82, 2.24) is 4.90 Å². The number of anilines is 2. The quantitative estimate of drug-likeness (QED) is 0.793. The monoisotopic (exact) mass is 289 g/mol. The minimum atomic E-state index is -0.632. The maximum Gasteiger partial charge on any atom is 0.322 e. The molecule has 0 aromatic heterocycles. The molecule has 0 atom stereocenters. The Morgan fingerprint density at radius 1 is 1.14 bits per heavy atom. The third kappa shape index (κ3) is 2.65. The van der Waals surface area contributed by atoms with Gasteiger partial charge in [0.15, 0.2) is 0 Å². The highest BCUT2D eigenvalue weighted by atomic mass is 19.1. The number of hydrogen-bond acceptors (Lipinski definition) is 2. The average Bonchev–Trinajstić information content (AvgIpc) is 2.85. The Morgan fingerprint density at radius 2 is 1.86 bits per heavy atom. The molecular weight excluding hydrogens is 276 g/mol. The Kier molecular flexibility index (Phi) is 3.21. The number of fused-ring (bicyclic) bond motifs is 1. The standard InChI is InChI=1S/C15H13F2N3O/c16-10-5-9-7-20(8-13(9)14(17)6-10)15(21)19-12-3-1-11(18)2-4-12/h1-6H,7-8,18H2,(H,19,21). The molecule has 1 aliphatic heterocycles. The van der Waals surface area contributed by atoms with Gasteiger partial charge in [-0.3, -0.25) is 0 Å². The molecule has 2 aromatic rings. The summed E-state index contributed by atoms with van der Waals surface area (Å²) >= 11 is 0. The van der Waals surface area contributed by atoms with Crippen molar-refractivity contribution in [3.05, 3.63) is 59.2 Å². The number of urea groups is 1. The molecule has 21 heavy (non-hydrogen) atoms. The molecule has 1 heterocycles. The van der Waals surface area contributed by atoms with E-state index in [0.717, 1.165) is 6.07 Å². The molecule has 0 bridgehead atoms. The molecule has 0 saturated heterocycles. The van der Waals surface area contributed by atoms with Crippen molar-refractivity contribution in [3.63, 3.8) is 0 Å². The number of nitrogens with two attached hydrogens (primary N) is 1. The SMILES string of the molecule is Nc1ccc(NC(=O)N2Cc3cc(F)cc(F)c3C2)cc1. The van der Waals surface area contributed by atoms with E-state index < -0.39 is 11.6 Å². The Morgan fingerprint density at radius 3 is 2.57 bits per heavy atom. The van der Waals surface area contributed by atoms with E-state index in [-0.39, 0.29) is 19.1 Å². The Labute approximate surface area is 120 Å². The van der Waals surface area contributed by atoms with Crippen LogP contribution in [-0.2, 0) is 13.1 Å². The van der Waals surface area contributed by atoms with Crippen LogP contribution in [0.3, 0.4) is 0 Å². The number of hydrogen-bond donors (Lipinski definition) is 2. The van der Waals surface area contributed by atoms with E-state index in [1.165, 1.54) is 11.0 Å². The van der Waals surface area contributed by atoms with Gasteiger partial charge in [0.2, 0.25) is 0 Å². The molecule has 6 heteroatoms. The van der Waals surface area contributed by atoms with Crippen LogP contribution >= 0.6 is 0 Å². The largest absolute Gasteiger partial charge is 0.399 e. The van der Waals surface area contributed by atoms with E-state index in [1.54, 1.807) is 24.3 Å². The lowest BCUT2D eigenvalue weighted by molar-refractivity contribution is 0.212. The second kappa shape index (κ2) is 5.05. The number of carbonyl (C=O) groups is 1. The molecule has 2 amide bonds. The summed E-state index contributed by atoms with van der Waals surface area (Å²) in [6.07, 6.45) is 0. The van der Waals surface area contributed by atoms with Gasteiger partial charge in [0.1, 0.15) is 11.6 Å². The molecule has 4 nitrogen and oxygen atoms in total. The molecule has 0 saturated carbocycles. The highest BCUT2D eigenvalue weighted by Crippen LogP contribution is 2.27. The second-order valence-corrected chi connectivity index (χ2v) is 4.93. The van der Waals surface area contributed by atoms with Gasteiger partial charge in [-0.1, -0.05) is 0 Å². The lowest BCUT2D eigenvalue weighted by Crippen LogP contribution is -2.30. The molecule has 0 unspecified atom stereocenters. The average molecular weight is 289 g/mol. The smallest absolute Gasteiger partial charge is 0.322 e. The highest BCUT2D eigenvalue weighted by Gasteiger charge is 2.26. The first kappa shape index (κ1) is 13.4. The minimum Gasteiger partial charge on any atom is -0.399 e. The van der Waals surface area contributed by atoms with Crippen LogP contribution in [-0.4, -0.2) is 10.9 Å². The molecule has 0 aliphatic carbocycles. The minimum absolute atomic E-state index is 0.127. The zero-order valence-corrected chi connectivity index (χ0v) is 11.1. The van der Waals surface area contributed by atoms with Crippen LogP contribution in [0.25, 0.3) is 0 Å². The van der Waals surface area contributed by atoms with Gasteiger partial charge in [-0.2, -0.15) is 0 Å². The van der Waals surface area contributed by atoms with Crippen LogP contribution in [0.15, 0.2) is 36.4 Å². The Balaban J connectivity index is 1.73. The van der Waals surface area contributed by atoms with E-state index in [2.05, 4.69) is 5.32 Å². The topological polar surface area (TPSA) is 58.4 Å². The Hall–Kier alpha value is -2.63. The van der Waals surface area contributed by atoms with E-state index in [9.17, 15) is 13.6 Å². The van der Waals surface area contributed by atoms with Crippen molar-refractivity contribution in [2.45, 2.75) is 13.1 Å². The number of carbonyl (C=O) groups excluding carboxylic acids is 1. The van der Waals surface area contributed by atoms with Gasteiger partial charge in [0.25, 0.3) is 0 Å². The van der Waals surface area contributed by atoms with Crippen molar-refractivity contribution in [2.24, 2.45) is 0 Å². The predicted octanol–water partition coefficient (Wildman–Crippen LogP) is 3.09. The van der Waals surface area contributed by atoms with Crippen LogP contribution in [0.5, 0.6) is 0 Å². The summed E-state index contributed by atoms with van der Waals surface area (Å²) < 4.78 is 26.8. The number of nitrogens with zero attached hydrogens (tertiary/aromatic N) is 1. The van der Waals surface area contributed by atoms with Gasteiger partial charge in [0.05, 0.1) is 6.54 Å². The number of rotatable bonds is 1. The normalized spacial score (nSPS) is 13.1. The lowest BCUT2D eigenvalue weighted by atomic mass is 10.1. The summed E-state index contributed by atoms with van der Waals surface area (Å²) in [5.74, 6) is -1.25. The molecule has 0 radical (unpaired) electrons. The predicted molar refractivity (Wildman–Crippen MR) is 75.5 cm³/mol. The molecule has 0 fully saturated rings. The van der Waals surface area contributed by atoms with E-state index in [0.29, 0.717) is 22.5 Å². The maximum absolute atomic E-state index is 13.6. The molecule has 3 rings (SSSR count). The fourth-order valence-corrected chi connectivity index (χ4v) is 2.34. The molecule has 3 N–H and O–H groups in total. The number of nitrogen functional groups attached to an aromatic ring is 1. The fraction of sp³-hybridized carbons (Fsp3) is 0.133. The van der Waals surface area contributed by atoms with Crippen LogP contribution in [0.4, 0.5) is 25.0 Å². The number of amides is 2. The number of benzene rings is 2. The first-order chi connectivity index (χ1) is 10.0. The molecule has 0 spiro atoms. The summed E-state index contributed by atoms with van der Waals surface area (Å²) in [7, 11) is 0. The van der Waals surface area contributed by atoms with Gasteiger partial charge in [-0.05, 0) is 35.9 Å². The number of nitrogens with one attached hydrogen (secondary N) is 1. The number of halogens is 2. The van der Waals surface area contributed by atoms with Crippen LogP contribution < -0.4 is 11.1 Å². The highest BCUT2D eigenvalue weighted by molar-refractivity contribution is 5.89. The van der Waals surface area contributed by atoms with E-state index >= 15 is 0 Å². The van der Waals surface area contributed by atoms with Gasteiger partial charge in [-0.25, -0.2) is 13.6 Å². The second-order valence-electron chi connectivity index (χ2n) is 4.93. The van der Waals surface area contributed by atoms with E-state index in [1.807, 2.05) is 0 Å². The maximum atomic E-state index is 13.6. The third-order valence-electron chi connectivity index (χ3n) is 3.41. The van der Waals surface area contributed by atoms with Crippen molar-refractivity contribution < 1.29 is 13.6 Å². The first-order valence-electron chi connectivity index (χ1n) is 6.41. The van der Waals surface area contributed by atoms with Crippen LogP contribution in [0, 0.1) is 11.6 Å². The lowest BCUT2D eigenvalue weighted by Gasteiger charge is -2.16.